The summed E-state index contributed by atoms with van der Waals surface area (Å²) in [5.41, 5.74) is 1.31. The van der Waals surface area contributed by atoms with Crippen LogP contribution < -0.4 is 10.1 Å². The van der Waals surface area contributed by atoms with Gasteiger partial charge in [0, 0.05) is 24.9 Å². The fourth-order valence-corrected chi connectivity index (χ4v) is 2.24. The molecule has 0 radical (unpaired) electrons. The molecule has 0 unspecified atom stereocenters. The average molecular weight is 305 g/mol. The van der Waals surface area contributed by atoms with Gasteiger partial charge in [-0.3, -0.25) is 4.79 Å². The Hall–Kier alpha value is -2.04. The Balaban J connectivity index is 1.73. The van der Waals surface area contributed by atoms with Gasteiger partial charge in [0.05, 0.1) is 6.61 Å². The molecule has 1 amide bonds. The van der Waals surface area contributed by atoms with Gasteiger partial charge in [-0.25, -0.2) is 4.79 Å². The maximum absolute atomic E-state index is 12.1. The van der Waals surface area contributed by atoms with Crippen molar-refractivity contribution >= 4 is 11.9 Å². The van der Waals surface area contributed by atoms with Crippen LogP contribution in [-0.4, -0.2) is 30.6 Å². The number of carbonyl (C=O) groups excluding carboxylic acids is 2. The first-order chi connectivity index (χ1) is 10.3. The summed E-state index contributed by atoms with van der Waals surface area (Å²) in [4.78, 5) is 23.6. The third kappa shape index (κ3) is 4.76. The Bertz CT molecular complexity index is 560. The smallest absolute Gasteiger partial charge is 0.407 e. The van der Waals surface area contributed by atoms with Crippen LogP contribution in [0.15, 0.2) is 18.2 Å². The van der Waals surface area contributed by atoms with Crippen molar-refractivity contribution in [3.63, 3.8) is 0 Å². The molecule has 5 nitrogen and oxygen atoms in total. The van der Waals surface area contributed by atoms with E-state index in [2.05, 4.69) is 5.32 Å². The third-order valence-electron chi connectivity index (χ3n) is 3.27. The van der Waals surface area contributed by atoms with E-state index in [9.17, 15) is 9.59 Å². The molecule has 120 valence electrons. The SMILES string of the molecule is CC(C)(C)OC(=O)NCCCC(=O)c1ccc2c(c1)OCC2. The number of ether oxygens (including phenoxy) is 2. The summed E-state index contributed by atoms with van der Waals surface area (Å²) in [6.45, 7) is 6.54. The number of nitrogens with one attached hydrogen (secondary N) is 1. The highest BCUT2D eigenvalue weighted by Crippen LogP contribution is 2.26. The highest BCUT2D eigenvalue weighted by atomic mass is 16.6. The molecular weight excluding hydrogens is 282 g/mol. The van der Waals surface area contributed by atoms with Crippen LogP contribution in [0.4, 0.5) is 4.79 Å². The fraction of sp³-hybridized carbons (Fsp3) is 0.529. The first-order valence-corrected chi connectivity index (χ1v) is 7.61. The van der Waals surface area contributed by atoms with E-state index >= 15 is 0 Å². The molecule has 1 aliphatic rings. The standard InChI is InChI=1S/C17H23NO4/c1-17(2,3)22-16(20)18-9-4-5-14(19)13-7-6-12-8-10-21-15(12)11-13/h6-7,11H,4-5,8-10H2,1-3H3,(H,18,20). The summed E-state index contributed by atoms with van der Waals surface area (Å²) in [6, 6.07) is 5.61. The Morgan fingerprint density at radius 2 is 2.09 bits per heavy atom. The van der Waals surface area contributed by atoms with Gasteiger partial charge in [-0.05, 0) is 38.8 Å². The van der Waals surface area contributed by atoms with E-state index < -0.39 is 11.7 Å². The summed E-state index contributed by atoms with van der Waals surface area (Å²) in [7, 11) is 0. The second kappa shape index (κ2) is 6.81. The number of ketones is 1. The van der Waals surface area contributed by atoms with Gasteiger partial charge >= 0.3 is 6.09 Å². The number of hydrogen-bond acceptors (Lipinski definition) is 4. The zero-order valence-electron chi connectivity index (χ0n) is 13.4. The maximum atomic E-state index is 12.1. The Morgan fingerprint density at radius 1 is 1.32 bits per heavy atom. The summed E-state index contributed by atoms with van der Waals surface area (Å²) in [6.07, 6.45) is 1.42. The molecule has 0 saturated carbocycles. The lowest BCUT2D eigenvalue weighted by atomic mass is 10.0. The van der Waals surface area contributed by atoms with E-state index in [1.54, 1.807) is 0 Å². The van der Waals surface area contributed by atoms with Gasteiger partial charge < -0.3 is 14.8 Å². The number of Topliss-reactive ketones (excluding diaryl/α,β-unsaturated/α-hetero) is 1. The highest BCUT2D eigenvalue weighted by molar-refractivity contribution is 5.96. The summed E-state index contributed by atoms with van der Waals surface area (Å²) in [5.74, 6) is 0.877. The monoisotopic (exact) mass is 305 g/mol. The zero-order valence-corrected chi connectivity index (χ0v) is 13.4. The van der Waals surface area contributed by atoms with Crippen molar-refractivity contribution in [2.45, 2.75) is 45.6 Å². The highest BCUT2D eigenvalue weighted by Gasteiger charge is 2.16. The lowest BCUT2D eigenvalue weighted by molar-refractivity contribution is 0.0525. The van der Waals surface area contributed by atoms with E-state index in [0.717, 1.165) is 17.7 Å². The fourth-order valence-electron chi connectivity index (χ4n) is 2.24. The summed E-state index contributed by atoms with van der Waals surface area (Å²) >= 11 is 0. The largest absolute Gasteiger partial charge is 0.493 e. The normalized spacial score (nSPS) is 13.2. The topological polar surface area (TPSA) is 64.6 Å². The molecule has 0 aliphatic carbocycles. The van der Waals surface area contributed by atoms with Crippen molar-refractivity contribution in [2.75, 3.05) is 13.2 Å². The van der Waals surface area contributed by atoms with Gasteiger partial charge in [0.1, 0.15) is 11.4 Å². The van der Waals surface area contributed by atoms with E-state index in [0.29, 0.717) is 31.6 Å². The second-order valence-electron chi connectivity index (χ2n) is 6.38. The quantitative estimate of drug-likeness (QED) is 0.670. The van der Waals surface area contributed by atoms with E-state index in [1.165, 1.54) is 0 Å². The van der Waals surface area contributed by atoms with Crippen LogP contribution in [0.5, 0.6) is 5.75 Å². The van der Waals surface area contributed by atoms with Crippen molar-refractivity contribution in [3.8, 4) is 5.75 Å². The lowest BCUT2D eigenvalue weighted by Crippen LogP contribution is -2.33. The predicted molar refractivity (Wildman–Crippen MR) is 83.4 cm³/mol. The molecule has 1 aliphatic heterocycles. The molecule has 0 bridgehead atoms. The number of benzene rings is 1. The van der Waals surface area contributed by atoms with Gasteiger partial charge in [-0.2, -0.15) is 0 Å². The Kier molecular flexibility index (Phi) is 5.06. The zero-order chi connectivity index (χ0) is 16.2. The average Bonchev–Trinajstić information content (AvgIpc) is 2.88. The van der Waals surface area contributed by atoms with Crippen LogP contribution in [0.2, 0.25) is 0 Å². The van der Waals surface area contributed by atoms with E-state index in [1.807, 2.05) is 39.0 Å². The van der Waals surface area contributed by atoms with Crippen LogP contribution in [0.1, 0.15) is 49.5 Å². The molecule has 5 heteroatoms. The summed E-state index contributed by atoms with van der Waals surface area (Å²) < 4.78 is 10.6. The lowest BCUT2D eigenvalue weighted by Gasteiger charge is -2.19. The second-order valence-corrected chi connectivity index (χ2v) is 6.38. The molecule has 0 aromatic heterocycles. The number of alkyl carbamates (subject to hydrolysis) is 1. The van der Waals surface area contributed by atoms with Crippen molar-refractivity contribution in [1.82, 2.24) is 5.32 Å². The minimum atomic E-state index is -0.510. The van der Waals surface area contributed by atoms with Gasteiger partial charge in [-0.1, -0.05) is 12.1 Å². The number of hydrogen-bond donors (Lipinski definition) is 1. The van der Waals surface area contributed by atoms with Crippen LogP contribution in [0.3, 0.4) is 0 Å². The van der Waals surface area contributed by atoms with Crippen LogP contribution >= 0.6 is 0 Å². The van der Waals surface area contributed by atoms with Crippen LogP contribution in [0, 0.1) is 0 Å². The number of rotatable bonds is 5. The molecule has 0 saturated heterocycles. The summed E-state index contributed by atoms with van der Waals surface area (Å²) in [5, 5.41) is 2.65. The maximum Gasteiger partial charge on any atom is 0.407 e. The van der Waals surface area contributed by atoms with Crippen molar-refractivity contribution in [1.29, 1.82) is 0 Å². The molecule has 2 rings (SSSR count). The Morgan fingerprint density at radius 3 is 2.82 bits per heavy atom. The molecule has 0 atom stereocenters. The molecular formula is C17H23NO4. The first kappa shape index (κ1) is 16.3. The van der Waals surface area contributed by atoms with Gasteiger partial charge in [-0.15, -0.1) is 0 Å². The molecule has 1 N–H and O–H groups in total. The van der Waals surface area contributed by atoms with Crippen LogP contribution in [0.25, 0.3) is 0 Å². The molecule has 0 fully saturated rings. The van der Waals surface area contributed by atoms with Crippen molar-refractivity contribution < 1.29 is 19.1 Å². The molecule has 22 heavy (non-hydrogen) atoms. The molecule has 0 spiro atoms. The number of amides is 1. The number of carbonyl (C=O) groups is 2. The Labute approximate surface area is 131 Å². The van der Waals surface area contributed by atoms with Crippen LogP contribution in [-0.2, 0) is 11.2 Å². The van der Waals surface area contributed by atoms with Crippen molar-refractivity contribution in [3.05, 3.63) is 29.3 Å². The van der Waals surface area contributed by atoms with Gasteiger partial charge in [0.15, 0.2) is 5.78 Å². The van der Waals surface area contributed by atoms with E-state index in [4.69, 9.17) is 9.47 Å². The van der Waals surface area contributed by atoms with Crippen molar-refractivity contribution in [2.24, 2.45) is 0 Å². The third-order valence-corrected chi connectivity index (χ3v) is 3.27. The minimum Gasteiger partial charge on any atom is -0.493 e. The van der Waals surface area contributed by atoms with Gasteiger partial charge in [0.25, 0.3) is 0 Å². The first-order valence-electron chi connectivity index (χ1n) is 7.61. The predicted octanol–water partition coefficient (Wildman–Crippen LogP) is 3.11. The minimum absolute atomic E-state index is 0.0595. The molecule has 1 heterocycles. The molecule has 1 aromatic carbocycles. The molecule has 1 aromatic rings. The van der Waals surface area contributed by atoms with Gasteiger partial charge in [0.2, 0.25) is 0 Å². The number of fused-ring (bicyclic) bond motifs is 1. The van der Waals surface area contributed by atoms with E-state index in [-0.39, 0.29) is 5.78 Å².